The molecule has 2 aliphatic rings. The maximum Gasteiger partial charge on any atom is 0.407 e. The van der Waals surface area contributed by atoms with Gasteiger partial charge in [0, 0.05) is 37.8 Å². The summed E-state index contributed by atoms with van der Waals surface area (Å²) in [6, 6.07) is 6.33. The van der Waals surface area contributed by atoms with Crippen molar-refractivity contribution in [1.82, 2.24) is 15.5 Å². The molecule has 0 saturated carbocycles. The molecule has 0 saturated heterocycles. The van der Waals surface area contributed by atoms with Crippen LogP contribution in [0.25, 0.3) is 0 Å². The molecule has 0 radical (unpaired) electrons. The van der Waals surface area contributed by atoms with Crippen molar-refractivity contribution >= 4 is 29.6 Å². The minimum Gasteiger partial charge on any atom is -0.444 e. The van der Waals surface area contributed by atoms with Crippen LogP contribution in [0, 0.1) is 17.7 Å². The summed E-state index contributed by atoms with van der Waals surface area (Å²) in [6.07, 6.45) is 8.87. The van der Waals surface area contributed by atoms with Crippen LogP contribution in [0.4, 0.5) is 9.18 Å². The van der Waals surface area contributed by atoms with E-state index in [1.54, 1.807) is 12.1 Å². The van der Waals surface area contributed by atoms with Crippen LogP contribution in [0.2, 0.25) is 0 Å². The number of halogens is 1. The van der Waals surface area contributed by atoms with Crippen molar-refractivity contribution in [2.45, 2.75) is 39.3 Å². The van der Waals surface area contributed by atoms with Crippen molar-refractivity contribution in [3.8, 4) is 0 Å². The number of fused-ring (bicyclic) bond motifs is 1. The van der Waals surface area contributed by atoms with Crippen LogP contribution >= 0.6 is 12.2 Å². The van der Waals surface area contributed by atoms with Crippen molar-refractivity contribution in [1.29, 1.82) is 0 Å². The number of nitrogens with zero attached hydrogens (tertiary/aromatic N) is 2. The first-order chi connectivity index (χ1) is 15.2. The Bertz CT molecular complexity index is 906. The standard InChI is InChI=1S/C24H31FN4O2S/c1-24(2,3)31-23(30)27-12-13-29(16-17-4-7-20(25)8-5-17)22(32)28-21-9-6-19-15-26-11-10-18(19)14-21/h4-9,11,14,18-19H,10,12-13,15-16H2,1-3H3,(H,27,30)(H,28,32). The van der Waals surface area contributed by atoms with E-state index < -0.39 is 11.7 Å². The number of benzene rings is 1. The Kier molecular flexibility index (Phi) is 8.01. The summed E-state index contributed by atoms with van der Waals surface area (Å²) >= 11 is 5.69. The third-order valence-corrected chi connectivity index (χ3v) is 5.52. The quantitative estimate of drug-likeness (QED) is 0.626. The Morgan fingerprint density at radius 3 is 2.75 bits per heavy atom. The molecule has 3 rings (SSSR count). The minimum absolute atomic E-state index is 0.282. The van der Waals surface area contributed by atoms with E-state index in [1.807, 2.05) is 38.0 Å². The van der Waals surface area contributed by atoms with E-state index in [2.05, 4.69) is 27.8 Å². The summed E-state index contributed by atoms with van der Waals surface area (Å²) in [4.78, 5) is 18.3. The number of alkyl carbamates (subject to hydrolysis) is 1. The second-order valence-corrected chi connectivity index (χ2v) is 9.39. The fourth-order valence-electron chi connectivity index (χ4n) is 3.57. The zero-order chi connectivity index (χ0) is 23.1. The van der Waals surface area contributed by atoms with Gasteiger partial charge < -0.3 is 20.3 Å². The lowest BCUT2D eigenvalue weighted by molar-refractivity contribution is 0.0525. The Morgan fingerprint density at radius 2 is 2.03 bits per heavy atom. The van der Waals surface area contributed by atoms with Gasteiger partial charge >= 0.3 is 6.09 Å². The summed E-state index contributed by atoms with van der Waals surface area (Å²) in [5, 5.41) is 6.64. The van der Waals surface area contributed by atoms with Gasteiger partial charge in [-0.25, -0.2) is 9.18 Å². The van der Waals surface area contributed by atoms with Crippen LogP contribution in [0.15, 0.2) is 53.2 Å². The topological polar surface area (TPSA) is 66.0 Å². The third-order valence-electron chi connectivity index (χ3n) is 5.16. The molecule has 0 fully saturated rings. The summed E-state index contributed by atoms with van der Waals surface area (Å²) in [7, 11) is 0. The van der Waals surface area contributed by atoms with E-state index in [0.717, 1.165) is 24.2 Å². The van der Waals surface area contributed by atoms with Crippen LogP contribution in [0.1, 0.15) is 32.8 Å². The van der Waals surface area contributed by atoms with Gasteiger partial charge in [0.05, 0.1) is 0 Å². The highest BCUT2D eigenvalue weighted by Crippen LogP contribution is 2.27. The first-order valence-electron chi connectivity index (χ1n) is 10.8. The fourth-order valence-corrected chi connectivity index (χ4v) is 3.84. The molecule has 2 atom stereocenters. The number of allylic oxidation sites excluding steroid dienone is 2. The van der Waals surface area contributed by atoms with Gasteiger partial charge in [0.25, 0.3) is 0 Å². The zero-order valence-corrected chi connectivity index (χ0v) is 19.6. The number of aliphatic imine (C=N–C) groups is 1. The molecule has 1 aliphatic heterocycles. The predicted molar refractivity (Wildman–Crippen MR) is 129 cm³/mol. The Balaban J connectivity index is 1.63. The molecule has 2 N–H and O–H groups in total. The van der Waals surface area contributed by atoms with Gasteiger partial charge in [-0.05, 0) is 75.3 Å². The molecule has 172 valence electrons. The molecule has 8 heteroatoms. The largest absolute Gasteiger partial charge is 0.444 e. The number of thiocarbonyl (C=S) groups is 1. The molecular formula is C24H31FN4O2S. The second-order valence-electron chi connectivity index (χ2n) is 9.00. The van der Waals surface area contributed by atoms with Gasteiger partial charge in [-0.15, -0.1) is 0 Å². The van der Waals surface area contributed by atoms with Crippen LogP contribution < -0.4 is 10.6 Å². The van der Waals surface area contributed by atoms with Crippen molar-refractivity contribution in [2.24, 2.45) is 16.8 Å². The summed E-state index contributed by atoms with van der Waals surface area (Å²) in [5.74, 6) is 0.574. The van der Waals surface area contributed by atoms with Gasteiger partial charge in [-0.3, -0.25) is 4.99 Å². The first-order valence-corrected chi connectivity index (χ1v) is 11.3. The number of nitrogens with one attached hydrogen (secondary N) is 2. The Morgan fingerprint density at radius 1 is 1.28 bits per heavy atom. The van der Waals surface area contributed by atoms with E-state index in [-0.39, 0.29) is 5.82 Å². The minimum atomic E-state index is -0.559. The van der Waals surface area contributed by atoms with E-state index in [9.17, 15) is 9.18 Å². The zero-order valence-electron chi connectivity index (χ0n) is 18.8. The second kappa shape index (κ2) is 10.7. The lowest BCUT2D eigenvalue weighted by Crippen LogP contribution is -2.44. The monoisotopic (exact) mass is 458 g/mol. The average molecular weight is 459 g/mol. The summed E-state index contributed by atoms with van der Waals surface area (Å²) < 4.78 is 18.6. The highest BCUT2D eigenvalue weighted by atomic mass is 32.1. The molecule has 0 spiro atoms. The summed E-state index contributed by atoms with van der Waals surface area (Å²) in [6.45, 7) is 7.59. The van der Waals surface area contributed by atoms with Gasteiger partial charge in [-0.1, -0.05) is 24.3 Å². The van der Waals surface area contributed by atoms with Crippen LogP contribution in [0.5, 0.6) is 0 Å². The molecule has 1 aromatic rings. The Hall–Kier alpha value is -2.74. The molecule has 1 heterocycles. The highest BCUT2D eigenvalue weighted by Gasteiger charge is 2.23. The lowest BCUT2D eigenvalue weighted by Gasteiger charge is -2.30. The SMILES string of the molecule is CC(C)(C)OC(=O)NCCN(Cc1ccc(F)cc1)C(=S)NC1=CC2CC=NCC2C=C1. The van der Waals surface area contributed by atoms with Crippen molar-refractivity contribution in [3.05, 3.63) is 59.6 Å². The number of hydrogen-bond donors (Lipinski definition) is 2. The number of amides is 1. The molecule has 1 amide bonds. The molecular weight excluding hydrogens is 427 g/mol. The fraction of sp³-hybridized carbons (Fsp3) is 0.458. The molecule has 6 nitrogen and oxygen atoms in total. The molecule has 2 unspecified atom stereocenters. The molecule has 32 heavy (non-hydrogen) atoms. The molecule has 0 aromatic heterocycles. The van der Waals surface area contributed by atoms with E-state index in [0.29, 0.717) is 36.6 Å². The Labute approximate surface area is 194 Å². The van der Waals surface area contributed by atoms with E-state index in [4.69, 9.17) is 17.0 Å². The molecule has 1 aliphatic carbocycles. The van der Waals surface area contributed by atoms with Crippen molar-refractivity contribution in [2.75, 3.05) is 19.6 Å². The third kappa shape index (κ3) is 7.44. The normalized spacial score (nSPS) is 19.6. The van der Waals surface area contributed by atoms with Gasteiger partial charge in [0.2, 0.25) is 0 Å². The number of hydrogen-bond acceptors (Lipinski definition) is 4. The van der Waals surface area contributed by atoms with Crippen molar-refractivity contribution < 1.29 is 13.9 Å². The van der Waals surface area contributed by atoms with Gasteiger partial charge in [0.15, 0.2) is 5.11 Å². The van der Waals surface area contributed by atoms with E-state index in [1.165, 1.54) is 12.1 Å². The van der Waals surface area contributed by atoms with Crippen molar-refractivity contribution in [3.63, 3.8) is 0 Å². The average Bonchev–Trinajstić information content (AvgIpc) is 2.73. The van der Waals surface area contributed by atoms with Crippen LogP contribution in [0.3, 0.4) is 0 Å². The molecule has 0 bridgehead atoms. The number of carbonyl (C=O) groups excluding carboxylic acids is 1. The molecule has 1 aromatic carbocycles. The van der Waals surface area contributed by atoms with Crippen LogP contribution in [-0.2, 0) is 11.3 Å². The van der Waals surface area contributed by atoms with Crippen LogP contribution in [-0.4, -0.2) is 47.6 Å². The maximum atomic E-state index is 13.3. The highest BCUT2D eigenvalue weighted by molar-refractivity contribution is 7.80. The number of carbonyl (C=O) groups is 1. The summed E-state index contributed by atoms with van der Waals surface area (Å²) in [5.41, 5.74) is 1.32. The number of rotatable bonds is 6. The predicted octanol–water partition coefficient (Wildman–Crippen LogP) is 4.19. The maximum absolute atomic E-state index is 13.3. The van der Waals surface area contributed by atoms with E-state index >= 15 is 0 Å². The first kappa shape index (κ1) is 23.9. The van der Waals surface area contributed by atoms with Gasteiger partial charge in [-0.2, -0.15) is 0 Å². The van der Waals surface area contributed by atoms with Gasteiger partial charge in [0.1, 0.15) is 11.4 Å². The lowest BCUT2D eigenvalue weighted by atomic mass is 9.84. The number of ether oxygens (including phenoxy) is 1. The smallest absolute Gasteiger partial charge is 0.407 e.